The van der Waals surface area contributed by atoms with Gasteiger partial charge in [-0.2, -0.15) is 0 Å². The van der Waals surface area contributed by atoms with Gasteiger partial charge in [-0.3, -0.25) is 4.79 Å². The number of nitrogens with one attached hydrogen (secondary N) is 1. The van der Waals surface area contributed by atoms with Crippen molar-refractivity contribution in [3.05, 3.63) is 60.4 Å². The Labute approximate surface area is 126 Å². The van der Waals surface area contributed by atoms with Crippen LogP contribution in [0.25, 0.3) is 10.8 Å². The molecular weight excluding hydrogens is 302 g/mol. The first kappa shape index (κ1) is 14.2. The first-order valence-electron chi connectivity index (χ1n) is 6.37. The van der Waals surface area contributed by atoms with Gasteiger partial charge in [0.15, 0.2) is 6.29 Å². The van der Waals surface area contributed by atoms with Crippen LogP contribution in [0.2, 0.25) is 0 Å². The van der Waals surface area contributed by atoms with E-state index in [-0.39, 0.29) is 16.4 Å². The maximum absolute atomic E-state index is 12.3. The monoisotopic (exact) mass is 313 g/mol. The van der Waals surface area contributed by atoms with Gasteiger partial charge in [0, 0.05) is 12.4 Å². The Balaban J connectivity index is 1.94. The molecule has 0 bridgehead atoms. The van der Waals surface area contributed by atoms with Crippen LogP contribution in [0.1, 0.15) is 10.4 Å². The van der Waals surface area contributed by atoms with Gasteiger partial charge in [0.05, 0.1) is 10.5 Å². The number of anilines is 1. The maximum Gasteiger partial charge on any atom is 0.264 e. The van der Waals surface area contributed by atoms with Crippen molar-refractivity contribution in [2.45, 2.75) is 4.90 Å². The highest BCUT2D eigenvalue weighted by Gasteiger charge is 2.16. The fourth-order valence-electron chi connectivity index (χ4n) is 1.97. The van der Waals surface area contributed by atoms with Gasteiger partial charge in [-0.15, -0.1) is 0 Å². The number of aromatic nitrogens is 2. The largest absolute Gasteiger partial charge is 0.298 e. The molecule has 0 aliphatic carbocycles. The van der Waals surface area contributed by atoms with Crippen molar-refractivity contribution in [3.8, 4) is 0 Å². The highest BCUT2D eigenvalue weighted by Crippen LogP contribution is 2.20. The lowest BCUT2D eigenvalue weighted by Crippen LogP contribution is -2.15. The second-order valence-electron chi connectivity index (χ2n) is 4.57. The molecule has 0 unspecified atom stereocenters. The molecule has 0 saturated heterocycles. The molecule has 6 nitrogen and oxygen atoms in total. The number of aldehydes is 1. The van der Waals surface area contributed by atoms with Crippen LogP contribution < -0.4 is 4.72 Å². The van der Waals surface area contributed by atoms with E-state index in [2.05, 4.69) is 14.7 Å². The third kappa shape index (κ3) is 2.79. The molecule has 1 N–H and O–H groups in total. The van der Waals surface area contributed by atoms with Crippen LogP contribution in [0.3, 0.4) is 0 Å². The highest BCUT2D eigenvalue weighted by atomic mass is 32.2. The molecule has 7 heteroatoms. The second-order valence-corrected chi connectivity index (χ2v) is 6.25. The van der Waals surface area contributed by atoms with E-state index in [0.717, 1.165) is 10.8 Å². The van der Waals surface area contributed by atoms with E-state index in [1.807, 2.05) is 24.3 Å². The van der Waals surface area contributed by atoms with Crippen molar-refractivity contribution < 1.29 is 13.2 Å². The van der Waals surface area contributed by atoms with Gasteiger partial charge in [0.1, 0.15) is 0 Å². The minimum absolute atomic E-state index is 0.0845. The van der Waals surface area contributed by atoms with Crippen LogP contribution in [0, 0.1) is 0 Å². The molecule has 0 atom stereocenters. The molecule has 22 heavy (non-hydrogen) atoms. The van der Waals surface area contributed by atoms with Gasteiger partial charge in [-0.25, -0.2) is 23.1 Å². The molecule has 0 aliphatic rings. The predicted octanol–water partition coefficient (Wildman–Crippen LogP) is 2.24. The average Bonchev–Trinajstić information content (AvgIpc) is 2.55. The fraction of sp³-hybridized carbons (Fsp3) is 0. The van der Waals surface area contributed by atoms with E-state index in [1.165, 1.54) is 18.5 Å². The number of fused-ring (bicyclic) bond motifs is 1. The minimum Gasteiger partial charge on any atom is -0.298 e. The van der Waals surface area contributed by atoms with Crippen molar-refractivity contribution in [3.63, 3.8) is 0 Å². The Morgan fingerprint density at radius 3 is 2.32 bits per heavy atom. The van der Waals surface area contributed by atoms with Gasteiger partial charge in [0.25, 0.3) is 10.0 Å². The Kier molecular flexibility index (Phi) is 3.56. The van der Waals surface area contributed by atoms with Crippen molar-refractivity contribution in [1.29, 1.82) is 0 Å². The lowest BCUT2D eigenvalue weighted by molar-refractivity contribution is 0.112. The van der Waals surface area contributed by atoms with E-state index < -0.39 is 10.0 Å². The zero-order chi connectivity index (χ0) is 15.6. The number of sulfonamides is 1. The minimum atomic E-state index is -3.79. The first-order chi connectivity index (χ1) is 10.6. The average molecular weight is 313 g/mol. The molecule has 1 aromatic heterocycles. The normalized spacial score (nSPS) is 11.3. The molecule has 3 aromatic rings. The van der Waals surface area contributed by atoms with E-state index >= 15 is 0 Å². The Morgan fingerprint density at radius 1 is 0.955 bits per heavy atom. The first-order valence-corrected chi connectivity index (χ1v) is 7.86. The number of nitrogens with zero attached hydrogens (tertiary/aromatic N) is 2. The Bertz CT molecular complexity index is 938. The summed E-state index contributed by atoms with van der Waals surface area (Å²) < 4.78 is 27.0. The topological polar surface area (TPSA) is 89.0 Å². The molecule has 0 fully saturated rings. The zero-order valence-electron chi connectivity index (χ0n) is 11.3. The van der Waals surface area contributed by atoms with Crippen LogP contribution >= 0.6 is 0 Å². The van der Waals surface area contributed by atoms with Crippen LogP contribution in [0.4, 0.5) is 5.95 Å². The molecule has 0 saturated carbocycles. The summed E-state index contributed by atoms with van der Waals surface area (Å²) in [6.45, 7) is 0. The summed E-state index contributed by atoms with van der Waals surface area (Å²) in [5, 5.41) is 1.77. The number of hydrogen-bond acceptors (Lipinski definition) is 5. The van der Waals surface area contributed by atoms with Crippen molar-refractivity contribution in [2.75, 3.05) is 4.72 Å². The zero-order valence-corrected chi connectivity index (χ0v) is 12.1. The summed E-state index contributed by atoms with van der Waals surface area (Å²) in [6, 6.07) is 12.3. The van der Waals surface area contributed by atoms with E-state index in [0.29, 0.717) is 6.29 Å². The molecule has 0 radical (unpaired) electrons. The van der Waals surface area contributed by atoms with Gasteiger partial charge < -0.3 is 0 Å². The summed E-state index contributed by atoms with van der Waals surface area (Å²) in [6.07, 6.45) is 3.08. The van der Waals surface area contributed by atoms with Crippen LogP contribution in [-0.2, 0) is 10.0 Å². The van der Waals surface area contributed by atoms with Gasteiger partial charge >= 0.3 is 0 Å². The predicted molar refractivity (Wildman–Crippen MR) is 82.2 cm³/mol. The van der Waals surface area contributed by atoms with E-state index in [4.69, 9.17) is 0 Å². The van der Waals surface area contributed by atoms with E-state index in [9.17, 15) is 13.2 Å². The lowest BCUT2D eigenvalue weighted by Gasteiger charge is -2.07. The number of rotatable bonds is 4. The summed E-state index contributed by atoms with van der Waals surface area (Å²) in [7, 11) is -3.79. The Hall–Kier alpha value is -2.80. The van der Waals surface area contributed by atoms with Crippen molar-refractivity contribution in [2.24, 2.45) is 0 Å². The molecule has 0 amide bonds. The van der Waals surface area contributed by atoms with Crippen LogP contribution in [-0.4, -0.2) is 24.7 Å². The molecule has 0 aliphatic heterocycles. The molecule has 3 rings (SSSR count). The highest BCUT2D eigenvalue weighted by molar-refractivity contribution is 7.92. The number of carbonyl (C=O) groups excluding carboxylic acids is 1. The smallest absolute Gasteiger partial charge is 0.264 e. The van der Waals surface area contributed by atoms with Crippen molar-refractivity contribution >= 4 is 33.0 Å². The van der Waals surface area contributed by atoms with Gasteiger partial charge in [0.2, 0.25) is 5.95 Å². The van der Waals surface area contributed by atoms with Crippen molar-refractivity contribution in [1.82, 2.24) is 9.97 Å². The molecule has 1 heterocycles. The third-order valence-electron chi connectivity index (χ3n) is 3.06. The number of benzene rings is 2. The fourth-order valence-corrected chi connectivity index (χ4v) is 2.96. The lowest BCUT2D eigenvalue weighted by atomic mass is 10.1. The SMILES string of the molecule is O=Cc1cnc(NS(=O)(=O)c2ccc3ccccc3c2)nc1. The molecular formula is C15H11N3O3S. The maximum atomic E-state index is 12.3. The third-order valence-corrected chi connectivity index (χ3v) is 4.39. The van der Waals surface area contributed by atoms with Crippen LogP contribution in [0.15, 0.2) is 59.8 Å². The summed E-state index contributed by atoms with van der Waals surface area (Å²) in [5.41, 5.74) is 0.272. The number of carbonyl (C=O) groups is 1. The number of hydrogen-bond donors (Lipinski definition) is 1. The summed E-state index contributed by atoms with van der Waals surface area (Å²) in [4.78, 5) is 18.2. The van der Waals surface area contributed by atoms with E-state index in [1.54, 1.807) is 12.1 Å². The second kappa shape index (κ2) is 5.53. The quantitative estimate of drug-likeness (QED) is 0.746. The van der Waals surface area contributed by atoms with Crippen LogP contribution in [0.5, 0.6) is 0 Å². The summed E-state index contributed by atoms with van der Waals surface area (Å²) in [5.74, 6) is -0.0845. The molecule has 110 valence electrons. The molecule has 0 spiro atoms. The van der Waals surface area contributed by atoms with Gasteiger partial charge in [-0.1, -0.05) is 30.3 Å². The standard InChI is InChI=1S/C15H11N3O3S/c19-10-11-8-16-15(17-9-11)18-22(20,21)14-6-5-12-3-1-2-4-13(12)7-14/h1-10H,(H,16,17,18). The van der Waals surface area contributed by atoms with Gasteiger partial charge in [-0.05, 0) is 22.9 Å². The Morgan fingerprint density at radius 2 is 1.64 bits per heavy atom. The molecule has 2 aromatic carbocycles. The summed E-state index contributed by atoms with van der Waals surface area (Å²) >= 11 is 0.